The van der Waals surface area contributed by atoms with E-state index in [1.807, 2.05) is 0 Å². The second-order valence-electron chi connectivity index (χ2n) is 5.30. The number of hydrogen-bond acceptors (Lipinski definition) is 3. The third-order valence-corrected chi connectivity index (χ3v) is 3.66. The highest BCUT2D eigenvalue weighted by Crippen LogP contribution is 2.34. The van der Waals surface area contributed by atoms with Crippen LogP contribution in [0.1, 0.15) is 12.5 Å². The fourth-order valence-electron chi connectivity index (χ4n) is 2.09. The van der Waals surface area contributed by atoms with E-state index in [9.17, 15) is 27.6 Å². The molecule has 0 spiro atoms. The van der Waals surface area contributed by atoms with Crippen molar-refractivity contribution in [2.75, 3.05) is 10.6 Å². The molecule has 1 aromatic carbocycles. The number of carbonyl (C=O) groups is 2. The SMILES string of the molecule is CC(=O)Nc1ccc(C(F)(F)F)cc1NC(=O)Cn1cc(Br)ccc1=O. The zero-order valence-electron chi connectivity index (χ0n) is 13.4. The van der Waals surface area contributed by atoms with Gasteiger partial charge in [-0.2, -0.15) is 13.2 Å². The van der Waals surface area contributed by atoms with Crippen LogP contribution >= 0.6 is 15.9 Å². The van der Waals surface area contributed by atoms with Gasteiger partial charge in [-0.15, -0.1) is 0 Å². The highest BCUT2D eigenvalue weighted by molar-refractivity contribution is 9.10. The average molecular weight is 432 g/mol. The summed E-state index contributed by atoms with van der Waals surface area (Å²) in [4.78, 5) is 35.1. The predicted molar refractivity (Wildman–Crippen MR) is 92.8 cm³/mol. The fourth-order valence-corrected chi connectivity index (χ4v) is 2.47. The first-order chi connectivity index (χ1) is 12.1. The highest BCUT2D eigenvalue weighted by atomic mass is 79.9. The molecule has 0 aliphatic carbocycles. The quantitative estimate of drug-likeness (QED) is 0.779. The molecule has 0 radical (unpaired) electrons. The summed E-state index contributed by atoms with van der Waals surface area (Å²) in [6.07, 6.45) is -3.24. The minimum absolute atomic E-state index is 0.0143. The Kier molecular flexibility index (Phi) is 5.86. The van der Waals surface area contributed by atoms with Crippen LogP contribution in [-0.2, 0) is 22.3 Å². The Balaban J connectivity index is 2.30. The molecule has 10 heteroatoms. The number of amides is 2. The molecular formula is C16H13BrF3N3O3. The highest BCUT2D eigenvalue weighted by Gasteiger charge is 2.31. The summed E-state index contributed by atoms with van der Waals surface area (Å²) in [6.45, 7) is 0.776. The number of rotatable bonds is 4. The van der Waals surface area contributed by atoms with Crippen molar-refractivity contribution in [1.82, 2.24) is 4.57 Å². The first-order valence-corrected chi connectivity index (χ1v) is 8.00. The van der Waals surface area contributed by atoms with Crippen LogP contribution in [0.5, 0.6) is 0 Å². The Labute approximate surface area is 154 Å². The molecule has 0 aliphatic heterocycles. The summed E-state index contributed by atoms with van der Waals surface area (Å²) >= 11 is 3.16. The van der Waals surface area contributed by atoms with Gasteiger partial charge in [-0.1, -0.05) is 0 Å². The Morgan fingerprint density at radius 3 is 2.42 bits per heavy atom. The molecule has 138 valence electrons. The Hall–Kier alpha value is -2.62. The summed E-state index contributed by atoms with van der Waals surface area (Å²) in [5.74, 6) is -1.24. The van der Waals surface area contributed by atoms with E-state index in [1.165, 1.54) is 25.3 Å². The molecule has 0 bridgehead atoms. The monoisotopic (exact) mass is 431 g/mol. The lowest BCUT2D eigenvalue weighted by Crippen LogP contribution is -2.27. The number of pyridine rings is 1. The maximum atomic E-state index is 12.9. The van der Waals surface area contributed by atoms with Crippen LogP contribution in [0.2, 0.25) is 0 Å². The topological polar surface area (TPSA) is 80.2 Å². The van der Waals surface area contributed by atoms with E-state index in [1.54, 1.807) is 0 Å². The molecule has 0 unspecified atom stereocenters. The van der Waals surface area contributed by atoms with Gasteiger partial charge in [-0.3, -0.25) is 14.4 Å². The zero-order chi connectivity index (χ0) is 19.5. The maximum absolute atomic E-state index is 12.9. The normalized spacial score (nSPS) is 11.1. The van der Waals surface area contributed by atoms with E-state index in [-0.39, 0.29) is 11.4 Å². The van der Waals surface area contributed by atoms with Crippen molar-refractivity contribution >= 4 is 39.1 Å². The second-order valence-corrected chi connectivity index (χ2v) is 6.22. The number of hydrogen-bond donors (Lipinski definition) is 2. The van der Waals surface area contributed by atoms with Gasteiger partial charge in [-0.05, 0) is 40.2 Å². The first-order valence-electron chi connectivity index (χ1n) is 7.21. The molecule has 2 aromatic rings. The van der Waals surface area contributed by atoms with Crippen LogP contribution in [0.4, 0.5) is 24.5 Å². The molecule has 1 aromatic heterocycles. The molecule has 0 saturated carbocycles. The van der Waals surface area contributed by atoms with Crippen molar-refractivity contribution < 1.29 is 22.8 Å². The smallest absolute Gasteiger partial charge is 0.325 e. The van der Waals surface area contributed by atoms with Gasteiger partial charge in [0.25, 0.3) is 5.56 Å². The van der Waals surface area contributed by atoms with Crippen LogP contribution in [0.3, 0.4) is 0 Å². The van der Waals surface area contributed by atoms with Crippen LogP contribution in [-0.4, -0.2) is 16.4 Å². The van der Waals surface area contributed by atoms with Crippen LogP contribution in [0, 0.1) is 0 Å². The maximum Gasteiger partial charge on any atom is 0.416 e. The molecular weight excluding hydrogens is 419 g/mol. The third kappa shape index (κ3) is 5.19. The van der Waals surface area contributed by atoms with Crippen molar-refractivity contribution in [2.45, 2.75) is 19.6 Å². The number of nitrogens with zero attached hydrogens (tertiary/aromatic N) is 1. The van der Waals surface area contributed by atoms with Gasteiger partial charge >= 0.3 is 6.18 Å². The largest absolute Gasteiger partial charge is 0.416 e. The molecule has 0 fully saturated rings. The van der Waals surface area contributed by atoms with E-state index in [4.69, 9.17) is 0 Å². The molecule has 2 rings (SSSR count). The summed E-state index contributed by atoms with van der Waals surface area (Å²) in [7, 11) is 0. The van der Waals surface area contributed by atoms with Gasteiger partial charge in [0.15, 0.2) is 0 Å². The minimum atomic E-state index is -4.62. The lowest BCUT2D eigenvalue weighted by atomic mass is 10.1. The number of aromatic nitrogens is 1. The Bertz CT molecular complexity index is 910. The Morgan fingerprint density at radius 1 is 1.12 bits per heavy atom. The van der Waals surface area contributed by atoms with Crippen LogP contribution < -0.4 is 16.2 Å². The lowest BCUT2D eigenvalue weighted by Gasteiger charge is -2.15. The predicted octanol–water partition coefficient (Wildman–Crippen LogP) is 3.23. The summed E-state index contributed by atoms with van der Waals surface area (Å²) in [5.41, 5.74) is -1.64. The molecule has 2 N–H and O–H groups in total. The molecule has 0 atom stereocenters. The second kappa shape index (κ2) is 7.73. The fraction of sp³-hybridized carbons (Fsp3) is 0.188. The number of nitrogens with one attached hydrogen (secondary N) is 2. The van der Waals surface area contributed by atoms with Crippen LogP contribution in [0.25, 0.3) is 0 Å². The van der Waals surface area contributed by atoms with Gasteiger partial charge in [0.1, 0.15) is 6.54 Å². The van der Waals surface area contributed by atoms with Crippen molar-refractivity contribution in [3.05, 3.63) is 56.9 Å². The van der Waals surface area contributed by atoms with E-state index < -0.39 is 35.7 Å². The molecule has 1 heterocycles. The minimum Gasteiger partial charge on any atom is -0.325 e. The summed E-state index contributed by atoms with van der Waals surface area (Å²) in [6, 6.07) is 5.29. The molecule has 6 nitrogen and oxygen atoms in total. The van der Waals surface area contributed by atoms with Crippen molar-refractivity contribution in [1.29, 1.82) is 0 Å². The van der Waals surface area contributed by atoms with Crippen LogP contribution in [0.15, 0.2) is 45.8 Å². The Morgan fingerprint density at radius 2 is 1.81 bits per heavy atom. The number of carbonyl (C=O) groups excluding carboxylic acids is 2. The van der Waals surface area contributed by atoms with Crippen molar-refractivity contribution in [3.8, 4) is 0 Å². The molecule has 2 amide bonds. The summed E-state index contributed by atoms with van der Waals surface area (Å²) in [5, 5.41) is 4.64. The van der Waals surface area contributed by atoms with E-state index in [0.717, 1.165) is 16.7 Å². The van der Waals surface area contributed by atoms with E-state index >= 15 is 0 Å². The molecule has 0 saturated heterocycles. The van der Waals surface area contributed by atoms with Gasteiger partial charge < -0.3 is 15.2 Å². The zero-order valence-corrected chi connectivity index (χ0v) is 14.9. The van der Waals surface area contributed by atoms with Crippen molar-refractivity contribution in [3.63, 3.8) is 0 Å². The lowest BCUT2D eigenvalue weighted by molar-refractivity contribution is -0.137. The summed E-state index contributed by atoms with van der Waals surface area (Å²) < 4.78 is 40.3. The van der Waals surface area contributed by atoms with Gasteiger partial charge in [0.05, 0.1) is 16.9 Å². The van der Waals surface area contributed by atoms with E-state index in [2.05, 4.69) is 26.6 Å². The number of alkyl halides is 3. The number of benzene rings is 1. The third-order valence-electron chi connectivity index (χ3n) is 3.19. The van der Waals surface area contributed by atoms with E-state index in [0.29, 0.717) is 10.5 Å². The van der Waals surface area contributed by atoms with Gasteiger partial charge in [0.2, 0.25) is 11.8 Å². The first kappa shape index (κ1) is 19.7. The average Bonchev–Trinajstić information content (AvgIpc) is 2.51. The molecule has 0 aliphatic rings. The number of halogens is 4. The standard InChI is InChI=1S/C16H13BrF3N3O3/c1-9(24)21-12-4-2-10(16(18,19)20)6-13(12)22-14(25)8-23-7-11(17)3-5-15(23)26/h2-7H,8H2,1H3,(H,21,24)(H,22,25). The van der Waals surface area contributed by atoms with Crippen molar-refractivity contribution in [2.24, 2.45) is 0 Å². The van der Waals surface area contributed by atoms with Gasteiger partial charge in [-0.25, -0.2) is 0 Å². The number of anilines is 2. The molecule has 26 heavy (non-hydrogen) atoms. The van der Waals surface area contributed by atoms with Gasteiger partial charge in [0, 0.05) is 23.7 Å².